The lowest BCUT2D eigenvalue weighted by atomic mass is 10.5. The fourth-order valence-corrected chi connectivity index (χ4v) is 3.99. The van der Waals surface area contributed by atoms with Gasteiger partial charge in [0, 0.05) is 9.35 Å². The number of hydrogen-bond donors (Lipinski definition) is 0. The maximum atomic E-state index is 3.46. The summed E-state index contributed by atoms with van der Waals surface area (Å²) in [5.41, 5.74) is 0. The van der Waals surface area contributed by atoms with Crippen LogP contribution in [0, 0.1) is 9.81 Å². The van der Waals surface area contributed by atoms with Gasteiger partial charge in [-0.15, -0.1) is 11.3 Å². The van der Waals surface area contributed by atoms with E-state index in [0.717, 1.165) is 0 Å². The van der Waals surface area contributed by atoms with E-state index in [1.807, 2.05) is 0 Å². The van der Waals surface area contributed by atoms with Crippen LogP contribution in [-0.4, -0.2) is 0 Å². The summed E-state index contributed by atoms with van der Waals surface area (Å²) in [7, 11) is 0. The van der Waals surface area contributed by atoms with Crippen LogP contribution in [0.1, 0.15) is 4.88 Å². The van der Waals surface area contributed by atoms with Crippen molar-refractivity contribution < 1.29 is 0 Å². The smallest absolute Gasteiger partial charge is 0.0809 e. The minimum atomic E-state index is 1.19. The molecular weight excluding hydrogens is 379 g/mol. The molecule has 1 rings (SSSR count). The Kier molecular flexibility index (Phi) is 3.01. The van der Waals surface area contributed by atoms with Crippen LogP contribution in [0.3, 0.4) is 0 Å². The van der Waals surface area contributed by atoms with E-state index in [1.165, 1.54) is 16.7 Å². The van der Waals surface area contributed by atoms with E-state index >= 15 is 0 Å². The summed E-state index contributed by atoms with van der Waals surface area (Å²) in [6.45, 7) is 2.10. The molecule has 0 aliphatic carbocycles. The van der Waals surface area contributed by atoms with Gasteiger partial charge in [-0.1, -0.05) is 0 Å². The first-order valence-corrected chi connectivity index (χ1v) is 5.71. The molecule has 0 saturated heterocycles. The van der Waals surface area contributed by atoms with E-state index in [9.17, 15) is 0 Å². The highest BCUT2D eigenvalue weighted by Crippen LogP contribution is 2.37. The summed E-state index contributed by atoms with van der Waals surface area (Å²) in [6, 6.07) is 0. The summed E-state index contributed by atoms with van der Waals surface area (Å²) in [5, 5.41) is 0. The minimum Gasteiger partial charge on any atom is -0.132 e. The summed E-state index contributed by atoms with van der Waals surface area (Å²) in [5.74, 6) is 0. The molecule has 0 radical (unpaired) electrons. The summed E-state index contributed by atoms with van der Waals surface area (Å²) in [6.07, 6.45) is 0. The van der Waals surface area contributed by atoms with Crippen molar-refractivity contribution in [3.05, 3.63) is 16.7 Å². The third kappa shape index (κ3) is 1.70. The minimum absolute atomic E-state index is 1.19. The lowest BCUT2D eigenvalue weighted by Gasteiger charge is -1.83. The third-order valence-corrected chi connectivity index (χ3v) is 6.59. The van der Waals surface area contributed by atoms with Gasteiger partial charge >= 0.3 is 0 Å². The van der Waals surface area contributed by atoms with Gasteiger partial charge in [0.15, 0.2) is 0 Å². The second-order valence-electron chi connectivity index (χ2n) is 1.56. The zero-order chi connectivity index (χ0) is 7.02. The van der Waals surface area contributed by atoms with E-state index < -0.39 is 0 Å². The molecule has 0 fully saturated rings. The van der Waals surface area contributed by atoms with Crippen molar-refractivity contribution in [2.45, 2.75) is 6.92 Å². The zero-order valence-corrected chi connectivity index (χ0v) is 10.7. The van der Waals surface area contributed by atoms with Gasteiger partial charge in [-0.25, -0.2) is 0 Å². The molecule has 9 heavy (non-hydrogen) atoms. The third-order valence-electron chi connectivity index (χ3n) is 0.917. The largest absolute Gasteiger partial charge is 0.132 e. The Hall–Kier alpha value is 1.39. The Balaban J connectivity index is 3.29. The maximum Gasteiger partial charge on any atom is 0.0809 e. The van der Waals surface area contributed by atoms with Gasteiger partial charge in [0.25, 0.3) is 0 Å². The Morgan fingerprint density at radius 2 is 1.89 bits per heavy atom. The number of rotatable bonds is 0. The van der Waals surface area contributed by atoms with Crippen LogP contribution in [0.2, 0.25) is 0 Å². The predicted octanol–water partition coefficient (Wildman–Crippen LogP) is 4.19. The first-order valence-electron chi connectivity index (χ1n) is 2.23. The van der Waals surface area contributed by atoms with E-state index in [1.54, 1.807) is 11.3 Å². The second kappa shape index (κ2) is 3.19. The van der Waals surface area contributed by atoms with Crippen LogP contribution < -0.4 is 0 Å². The van der Waals surface area contributed by atoms with Gasteiger partial charge in [0.2, 0.25) is 0 Å². The van der Waals surface area contributed by atoms with Gasteiger partial charge in [-0.3, -0.25) is 0 Å². The van der Waals surface area contributed by atoms with Crippen LogP contribution in [0.25, 0.3) is 0 Å². The van der Waals surface area contributed by atoms with Crippen LogP contribution in [0.4, 0.5) is 0 Å². The molecule has 1 aromatic heterocycles. The second-order valence-corrected chi connectivity index (χ2v) is 6.18. The highest BCUT2D eigenvalue weighted by molar-refractivity contribution is 14.1. The summed E-state index contributed by atoms with van der Waals surface area (Å²) in [4.78, 5) is 1.33. The quantitative estimate of drug-likeness (QED) is 0.591. The van der Waals surface area contributed by atoms with Crippen LogP contribution in [0.15, 0.2) is 8.95 Å². The average Bonchev–Trinajstić information content (AvgIpc) is 1.98. The maximum absolute atomic E-state index is 3.46. The monoisotopic (exact) mass is 380 g/mol. The molecule has 0 saturated carbocycles. The molecule has 0 aromatic carbocycles. The summed E-state index contributed by atoms with van der Waals surface area (Å²) < 4.78 is 3.68. The van der Waals surface area contributed by atoms with Crippen molar-refractivity contribution in [1.82, 2.24) is 0 Å². The van der Waals surface area contributed by atoms with Crippen LogP contribution in [0.5, 0.6) is 0 Å². The number of halogens is 3. The van der Waals surface area contributed by atoms with Crippen LogP contribution >= 0.6 is 65.8 Å². The van der Waals surface area contributed by atoms with E-state index in [0.29, 0.717) is 0 Å². The van der Waals surface area contributed by atoms with Crippen molar-refractivity contribution in [2.75, 3.05) is 0 Å². The highest BCUT2D eigenvalue weighted by Gasteiger charge is 2.07. The first kappa shape index (κ1) is 8.49. The SMILES string of the molecule is Cc1sc(I)c(Br)c1Br. The molecule has 0 aliphatic rings. The van der Waals surface area contributed by atoms with Crippen molar-refractivity contribution in [1.29, 1.82) is 0 Å². The molecule has 4 heteroatoms. The lowest BCUT2D eigenvalue weighted by molar-refractivity contribution is 1.56. The van der Waals surface area contributed by atoms with Crippen molar-refractivity contribution in [3.8, 4) is 0 Å². The van der Waals surface area contributed by atoms with E-state index in [-0.39, 0.29) is 0 Å². The standard InChI is InChI=1S/C5H3Br2IS/c1-2-3(6)4(7)5(8)9-2/h1H3. The Morgan fingerprint density at radius 3 is 2.00 bits per heavy atom. The molecule has 0 nitrogen and oxygen atoms in total. The summed E-state index contributed by atoms with van der Waals surface area (Å²) >= 11 is 11.0. The Bertz CT molecular complexity index is 209. The molecule has 0 atom stereocenters. The number of aryl methyl sites for hydroxylation is 1. The lowest BCUT2D eigenvalue weighted by Crippen LogP contribution is -1.60. The van der Waals surface area contributed by atoms with Gasteiger partial charge < -0.3 is 0 Å². The van der Waals surface area contributed by atoms with Gasteiger partial charge in [0.05, 0.1) is 7.36 Å². The van der Waals surface area contributed by atoms with Crippen molar-refractivity contribution in [3.63, 3.8) is 0 Å². The molecule has 0 unspecified atom stereocenters. The molecule has 0 spiro atoms. The molecular formula is C5H3Br2IS. The predicted molar refractivity (Wildman–Crippen MR) is 57.2 cm³/mol. The molecule has 50 valence electrons. The number of hydrogen-bond acceptors (Lipinski definition) is 1. The van der Waals surface area contributed by atoms with E-state index in [2.05, 4.69) is 61.4 Å². The van der Waals surface area contributed by atoms with E-state index in [4.69, 9.17) is 0 Å². The first-order chi connectivity index (χ1) is 4.13. The topological polar surface area (TPSA) is 0 Å². The highest BCUT2D eigenvalue weighted by atomic mass is 127. The molecule has 0 bridgehead atoms. The van der Waals surface area contributed by atoms with Gasteiger partial charge in [0.1, 0.15) is 0 Å². The fourth-order valence-electron chi connectivity index (χ4n) is 0.465. The van der Waals surface area contributed by atoms with Crippen molar-refractivity contribution in [2.24, 2.45) is 0 Å². The average molecular weight is 382 g/mol. The van der Waals surface area contributed by atoms with Gasteiger partial charge in [-0.2, -0.15) is 0 Å². The molecule has 0 aliphatic heterocycles. The molecule has 1 aromatic rings. The molecule has 0 amide bonds. The molecule has 1 heterocycles. The number of thiophene rings is 1. The van der Waals surface area contributed by atoms with Gasteiger partial charge in [-0.05, 0) is 61.4 Å². The van der Waals surface area contributed by atoms with Crippen molar-refractivity contribution >= 4 is 65.8 Å². The fraction of sp³-hybridized carbons (Fsp3) is 0.200. The Labute approximate surface area is 88.4 Å². The normalized spacial score (nSPS) is 10.2. The Morgan fingerprint density at radius 1 is 1.33 bits per heavy atom. The molecule has 0 N–H and O–H groups in total. The van der Waals surface area contributed by atoms with Crippen LogP contribution in [-0.2, 0) is 0 Å². The zero-order valence-electron chi connectivity index (χ0n) is 4.54.